The summed E-state index contributed by atoms with van der Waals surface area (Å²) in [5.74, 6) is -0.493. The summed E-state index contributed by atoms with van der Waals surface area (Å²) in [7, 11) is 3.02. The molecule has 9 heteroatoms. The van der Waals surface area contributed by atoms with Gasteiger partial charge in [-0.2, -0.15) is 0 Å². The molecule has 1 atom stereocenters. The van der Waals surface area contributed by atoms with Crippen molar-refractivity contribution in [3.8, 4) is 0 Å². The lowest BCUT2D eigenvalue weighted by atomic mass is 9.80. The minimum Gasteiger partial charge on any atom is -0.539 e. The van der Waals surface area contributed by atoms with Gasteiger partial charge >= 0.3 is 13.1 Å². The third-order valence-electron chi connectivity index (χ3n) is 3.09. The molecule has 0 aromatic heterocycles. The second kappa shape index (κ2) is 13.2. The molecule has 1 unspecified atom stereocenters. The van der Waals surface area contributed by atoms with E-state index in [1.165, 1.54) is 6.26 Å². The maximum Gasteiger partial charge on any atom is 0.559 e. The zero-order valence-electron chi connectivity index (χ0n) is 17.0. The van der Waals surface area contributed by atoms with Gasteiger partial charge in [0.05, 0.1) is 34.0 Å². The predicted octanol–water partition coefficient (Wildman–Crippen LogP) is 1.26. The summed E-state index contributed by atoms with van der Waals surface area (Å²) >= 11 is 0. The molecule has 0 fully saturated rings. The molecule has 1 aromatic rings. The molecule has 0 radical (unpaired) electrons. The van der Waals surface area contributed by atoms with Gasteiger partial charge in [-0.05, 0) is 12.4 Å². The Morgan fingerprint density at radius 1 is 1.25 bits per heavy atom. The molecule has 0 amide bonds. The maximum absolute atomic E-state index is 11.6. The van der Waals surface area contributed by atoms with E-state index in [1.54, 1.807) is 19.1 Å². The molecule has 154 valence electrons. The van der Waals surface area contributed by atoms with Crippen LogP contribution in [0.15, 0.2) is 55.3 Å². The van der Waals surface area contributed by atoms with E-state index in [0.717, 1.165) is 5.46 Å². The van der Waals surface area contributed by atoms with Gasteiger partial charge in [0.1, 0.15) is 14.7 Å². The standard InChI is InChI=1S/C11H21NO4P.C8H9BO2/c1-9(2)11(14)16-6-7-17(15)10(13)8-12(3,4)5;1-2-11-9(10)8-6-4-3-5-7-8/h15H,1,6-8H2,2-5H3;2-7,10H,1H2/q+1;. The van der Waals surface area contributed by atoms with Crippen LogP contribution >= 0.6 is 8.15 Å². The van der Waals surface area contributed by atoms with Crippen LogP contribution < -0.4 is 5.46 Å². The van der Waals surface area contributed by atoms with Crippen molar-refractivity contribution in [1.82, 2.24) is 0 Å². The monoisotopic (exact) mass is 410 g/mol. The van der Waals surface area contributed by atoms with Crippen LogP contribution in [0.5, 0.6) is 0 Å². The summed E-state index contributed by atoms with van der Waals surface area (Å²) in [6.45, 7) is 8.65. The molecule has 0 saturated carbocycles. The van der Waals surface area contributed by atoms with Gasteiger partial charge in [-0.1, -0.05) is 43.5 Å². The number of hydrogen-bond donors (Lipinski definition) is 2. The Bertz CT molecular complexity index is 648. The Kier molecular flexibility index (Phi) is 12.3. The molecule has 7 nitrogen and oxygen atoms in total. The number of carbonyl (C=O) groups is 2. The number of carbonyl (C=O) groups excluding carboxylic acids is 2. The van der Waals surface area contributed by atoms with Gasteiger partial charge in [-0.15, -0.1) is 0 Å². The smallest absolute Gasteiger partial charge is 0.539 e. The lowest BCUT2D eigenvalue weighted by molar-refractivity contribution is -0.861. The van der Waals surface area contributed by atoms with Crippen LogP contribution in [0, 0.1) is 0 Å². The Labute approximate surface area is 168 Å². The van der Waals surface area contributed by atoms with Gasteiger partial charge in [0.2, 0.25) is 5.52 Å². The van der Waals surface area contributed by atoms with E-state index in [9.17, 15) is 19.5 Å². The van der Waals surface area contributed by atoms with Crippen molar-refractivity contribution in [2.45, 2.75) is 6.92 Å². The van der Waals surface area contributed by atoms with E-state index in [0.29, 0.717) is 10.1 Å². The van der Waals surface area contributed by atoms with Gasteiger partial charge in [-0.3, -0.25) is 4.79 Å². The highest BCUT2D eigenvalue weighted by atomic mass is 31.1. The van der Waals surface area contributed by atoms with Crippen LogP contribution in [0.25, 0.3) is 0 Å². The van der Waals surface area contributed by atoms with E-state index >= 15 is 0 Å². The van der Waals surface area contributed by atoms with E-state index in [-0.39, 0.29) is 24.8 Å². The Morgan fingerprint density at radius 3 is 2.29 bits per heavy atom. The number of esters is 1. The number of likely N-dealkylation sites (N-methyl/N-ethyl adjacent to an activating group) is 1. The van der Waals surface area contributed by atoms with Gasteiger partial charge in [0.25, 0.3) is 0 Å². The van der Waals surface area contributed by atoms with Crippen LogP contribution in [-0.4, -0.2) is 73.5 Å². The summed E-state index contributed by atoms with van der Waals surface area (Å²) in [5.41, 5.74) is 0.858. The fourth-order valence-corrected chi connectivity index (χ4v) is 2.85. The number of quaternary nitrogens is 1. The van der Waals surface area contributed by atoms with Crippen LogP contribution in [0.2, 0.25) is 0 Å². The minimum absolute atomic E-state index is 0.0524. The molecule has 2 N–H and O–H groups in total. The molecule has 0 aliphatic heterocycles. The molecule has 0 bridgehead atoms. The summed E-state index contributed by atoms with van der Waals surface area (Å²) in [5, 5.41) is 9.23. The zero-order valence-corrected chi connectivity index (χ0v) is 17.9. The van der Waals surface area contributed by atoms with Crippen molar-refractivity contribution in [2.24, 2.45) is 0 Å². The zero-order chi connectivity index (χ0) is 21.7. The Morgan fingerprint density at radius 2 is 1.82 bits per heavy atom. The van der Waals surface area contributed by atoms with Crippen molar-refractivity contribution in [3.05, 3.63) is 55.3 Å². The molecule has 0 heterocycles. The average molecular weight is 410 g/mol. The van der Waals surface area contributed by atoms with Crippen molar-refractivity contribution < 1.29 is 33.4 Å². The second-order valence-corrected chi connectivity index (χ2v) is 8.69. The quantitative estimate of drug-likeness (QED) is 0.151. The van der Waals surface area contributed by atoms with Crippen molar-refractivity contribution in [1.29, 1.82) is 0 Å². The van der Waals surface area contributed by atoms with Crippen LogP contribution in [0.1, 0.15) is 6.92 Å². The maximum atomic E-state index is 11.6. The summed E-state index contributed by atoms with van der Waals surface area (Å²) in [6.07, 6.45) is 1.41. The van der Waals surface area contributed by atoms with Crippen molar-refractivity contribution >= 4 is 32.2 Å². The number of ether oxygens (including phenoxy) is 1. The lowest BCUT2D eigenvalue weighted by Crippen LogP contribution is -2.39. The number of benzene rings is 1. The molecule has 1 aromatic carbocycles. The highest BCUT2D eigenvalue weighted by Gasteiger charge is 2.22. The van der Waals surface area contributed by atoms with E-state index in [4.69, 9.17) is 9.39 Å². The van der Waals surface area contributed by atoms with Crippen molar-refractivity contribution in [2.75, 3.05) is 40.5 Å². The third-order valence-corrected chi connectivity index (χ3v) is 4.42. The topological polar surface area (TPSA) is 93.1 Å². The first-order valence-corrected chi connectivity index (χ1v) is 10.1. The third kappa shape index (κ3) is 12.4. The largest absolute Gasteiger partial charge is 0.559 e. The highest BCUT2D eigenvalue weighted by Crippen LogP contribution is 2.30. The SMILES string of the molecule is C=C(C)C(=O)OCCP(O)C(=O)C[N+](C)(C)C.C=COB(O)c1ccccc1. The van der Waals surface area contributed by atoms with Crippen LogP contribution in [-0.2, 0) is 19.0 Å². The lowest BCUT2D eigenvalue weighted by Gasteiger charge is -2.23. The number of nitrogens with zero attached hydrogens (tertiary/aromatic N) is 1. The first-order chi connectivity index (χ1) is 13.0. The van der Waals surface area contributed by atoms with Crippen molar-refractivity contribution in [3.63, 3.8) is 0 Å². The molecule has 0 aliphatic rings. The molecule has 28 heavy (non-hydrogen) atoms. The predicted molar refractivity (Wildman–Crippen MR) is 113 cm³/mol. The molecule has 0 saturated heterocycles. The van der Waals surface area contributed by atoms with E-state index in [1.807, 2.05) is 39.3 Å². The molecule has 0 aliphatic carbocycles. The summed E-state index contributed by atoms with van der Waals surface area (Å²) in [4.78, 5) is 32.2. The highest BCUT2D eigenvalue weighted by molar-refractivity contribution is 7.69. The summed E-state index contributed by atoms with van der Waals surface area (Å²) < 4.78 is 10.0. The normalized spacial score (nSPS) is 11.4. The minimum atomic E-state index is -1.72. The van der Waals surface area contributed by atoms with Crippen LogP contribution in [0.4, 0.5) is 0 Å². The molecule has 1 rings (SSSR count). The first-order valence-electron chi connectivity index (χ1n) is 8.59. The average Bonchev–Trinajstić information content (AvgIpc) is 2.61. The van der Waals surface area contributed by atoms with Gasteiger partial charge < -0.3 is 23.8 Å². The Hall–Kier alpha value is -1.99. The van der Waals surface area contributed by atoms with E-state index < -0.39 is 21.2 Å². The number of hydrogen-bond acceptors (Lipinski definition) is 6. The first kappa shape index (κ1) is 26.0. The molecular formula is C19H30BNO6P+. The molecular weight excluding hydrogens is 380 g/mol. The van der Waals surface area contributed by atoms with Gasteiger partial charge in [0.15, 0.2) is 0 Å². The fraction of sp³-hybridized carbons (Fsp3) is 0.368. The van der Waals surface area contributed by atoms with Crippen LogP contribution in [0.3, 0.4) is 0 Å². The molecule has 0 spiro atoms. The van der Waals surface area contributed by atoms with Gasteiger partial charge in [-0.25, -0.2) is 4.79 Å². The van der Waals surface area contributed by atoms with E-state index in [2.05, 4.69) is 13.2 Å². The summed E-state index contributed by atoms with van der Waals surface area (Å²) in [6, 6.07) is 9.13. The van der Waals surface area contributed by atoms with Gasteiger partial charge in [0, 0.05) is 11.7 Å². The second-order valence-electron chi connectivity index (χ2n) is 6.95. The number of rotatable bonds is 10. The fourth-order valence-electron chi connectivity index (χ4n) is 1.75. The Balaban J connectivity index is 0.000000567.